The topological polar surface area (TPSA) is 66.5 Å². The number of nitrogens with one attached hydrogen (secondary N) is 1. The Morgan fingerprint density at radius 3 is 2.40 bits per heavy atom. The second kappa shape index (κ2) is 6.98. The number of carbonyl (C=O) groups is 1. The average molecular weight is 358 g/mol. The molecular formula is C19H22N2O3S. The number of fused-ring (bicyclic) bond motifs is 1. The molecule has 1 atom stereocenters. The number of benzene rings is 2. The van der Waals surface area contributed by atoms with Crippen LogP contribution in [-0.2, 0) is 21.4 Å². The van der Waals surface area contributed by atoms with Gasteiger partial charge in [-0.25, -0.2) is 8.42 Å². The maximum absolute atomic E-state index is 12.8. The van der Waals surface area contributed by atoms with Crippen molar-refractivity contribution in [1.82, 2.24) is 9.62 Å². The van der Waals surface area contributed by atoms with Crippen molar-refractivity contribution in [3.8, 4) is 0 Å². The molecule has 132 valence electrons. The summed E-state index contributed by atoms with van der Waals surface area (Å²) in [6.45, 7) is 4.10. The third kappa shape index (κ3) is 3.45. The van der Waals surface area contributed by atoms with Gasteiger partial charge in [-0.15, -0.1) is 0 Å². The van der Waals surface area contributed by atoms with Gasteiger partial charge in [0.25, 0.3) is 0 Å². The van der Waals surface area contributed by atoms with Crippen LogP contribution in [0.25, 0.3) is 0 Å². The Morgan fingerprint density at radius 1 is 1.08 bits per heavy atom. The summed E-state index contributed by atoms with van der Waals surface area (Å²) in [6, 6.07) is 15.9. The highest BCUT2D eigenvalue weighted by atomic mass is 32.2. The van der Waals surface area contributed by atoms with Gasteiger partial charge in [-0.1, -0.05) is 48.5 Å². The molecule has 1 N–H and O–H groups in total. The molecule has 0 fully saturated rings. The number of carbonyl (C=O) groups excluding carboxylic acids is 1. The molecule has 25 heavy (non-hydrogen) atoms. The highest BCUT2D eigenvalue weighted by molar-refractivity contribution is 7.89. The summed E-state index contributed by atoms with van der Waals surface area (Å²) in [5.74, 6) is -0.161. The van der Waals surface area contributed by atoms with E-state index in [1.807, 2.05) is 50.2 Å². The molecule has 1 amide bonds. The highest BCUT2D eigenvalue weighted by Crippen LogP contribution is 2.42. The van der Waals surface area contributed by atoms with Gasteiger partial charge in [0.15, 0.2) is 0 Å². The van der Waals surface area contributed by atoms with Gasteiger partial charge in [0, 0.05) is 19.0 Å². The van der Waals surface area contributed by atoms with Crippen molar-refractivity contribution in [2.75, 3.05) is 0 Å². The average Bonchev–Trinajstić information content (AvgIpc) is 2.81. The quantitative estimate of drug-likeness (QED) is 0.894. The van der Waals surface area contributed by atoms with Crippen LogP contribution < -0.4 is 5.32 Å². The zero-order valence-electron chi connectivity index (χ0n) is 14.3. The maximum Gasteiger partial charge on any atom is 0.244 e. The Labute approximate surface area is 148 Å². The minimum Gasteiger partial charge on any atom is -0.352 e. The predicted molar refractivity (Wildman–Crippen MR) is 96.2 cm³/mol. The minimum absolute atomic E-state index is 0.112. The van der Waals surface area contributed by atoms with Gasteiger partial charge in [-0.05, 0) is 31.0 Å². The van der Waals surface area contributed by atoms with Gasteiger partial charge in [0.05, 0.1) is 10.9 Å². The van der Waals surface area contributed by atoms with Gasteiger partial charge in [0.2, 0.25) is 15.9 Å². The van der Waals surface area contributed by atoms with Crippen LogP contribution in [0.1, 0.15) is 37.4 Å². The van der Waals surface area contributed by atoms with Crippen molar-refractivity contribution in [2.45, 2.75) is 43.8 Å². The van der Waals surface area contributed by atoms with Gasteiger partial charge in [-0.2, -0.15) is 4.31 Å². The monoisotopic (exact) mass is 358 g/mol. The molecule has 0 saturated carbocycles. The summed E-state index contributed by atoms with van der Waals surface area (Å²) < 4.78 is 27.0. The number of amides is 1. The van der Waals surface area contributed by atoms with Gasteiger partial charge >= 0.3 is 0 Å². The lowest BCUT2D eigenvalue weighted by molar-refractivity contribution is -0.122. The first-order valence-electron chi connectivity index (χ1n) is 8.34. The summed E-state index contributed by atoms with van der Waals surface area (Å²) in [5, 5.41) is 2.88. The lowest BCUT2D eigenvalue weighted by Crippen LogP contribution is -2.37. The molecule has 0 saturated heterocycles. The van der Waals surface area contributed by atoms with Gasteiger partial charge in [0.1, 0.15) is 0 Å². The maximum atomic E-state index is 12.8. The normalized spacial score (nSPS) is 18.9. The van der Waals surface area contributed by atoms with Crippen LogP contribution in [0.4, 0.5) is 0 Å². The smallest absolute Gasteiger partial charge is 0.244 e. The molecule has 0 bridgehead atoms. The third-order valence-corrected chi connectivity index (χ3v) is 6.52. The molecule has 0 unspecified atom stereocenters. The van der Waals surface area contributed by atoms with Crippen LogP contribution in [0.3, 0.4) is 0 Å². The Morgan fingerprint density at radius 2 is 1.72 bits per heavy atom. The second-order valence-electron chi connectivity index (χ2n) is 6.45. The molecular weight excluding hydrogens is 336 g/mol. The molecule has 6 heteroatoms. The van der Waals surface area contributed by atoms with E-state index >= 15 is 0 Å². The number of nitrogens with zero attached hydrogens (tertiary/aromatic N) is 1. The van der Waals surface area contributed by atoms with Crippen LogP contribution in [-0.4, -0.2) is 24.7 Å². The largest absolute Gasteiger partial charge is 0.352 e. The summed E-state index contributed by atoms with van der Waals surface area (Å²) in [7, 11) is -3.55. The lowest BCUT2D eigenvalue weighted by Gasteiger charge is -2.26. The summed E-state index contributed by atoms with van der Waals surface area (Å²) in [6.07, 6.45) is 0.112. The van der Waals surface area contributed by atoms with E-state index in [4.69, 9.17) is 0 Å². The molecule has 0 radical (unpaired) electrons. The van der Waals surface area contributed by atoms with Gasteiger partial charge in [-0.3, -0.25) is 4.79 Å². The number of hydrogen-bond donors (Lipinski definition) is 1. The van der Waals surface area contributed by atoms with Crippen molar-refractivity contribution < 1.29 is 13.2 Å². The molecule has 3 rings (SSSR count). The molecule has 0 aromatic heterocycles. The standard InChI is InChI=1S/C19H22N2O3S/c1-14(2)21-17(16-10-6-7-11-18(16)25(21,23)24)12-19(22)20-13-15-8-4-3-5-9-15/h3-11,14,17H,12-13H2,1-2H3,(H,20,22)/t17-/m0/s1. The Kier molecular flexibility index (Phi) is 4.92. The van der Waals surface area contributed by atoms with Crippen molar-refractivity contribution in [3.05, 3.63) is 65.7 Å². The zero-order chi connectivity index (χ0) is 18.0. The SMILES string of the molecule is CC(C)N1[C@@H](CC(=O)NCc2ccccc2)c2ccccc2S1(=O)=O. The third-order valence-electron chi connectivity index (χ3n) is 4.36. The van der Waals surface area contributed by atoms with E-state index in [1.54, 1.807) is 18.2 Å². The number of rotatable bonds is 5. The zero-order valence-corrected chi connectivity index (χ0v) is 15.2. The van der Waals surface area contributed by atoms with E-state index in [0.29, 0.717) is 17.0 Å². The molecule has 2 aromatic carbocycles. The first-order chi connectivity index (χ1) is 11.9. The summed E-state index contributed by atoms with van der Waals surface area (Å²) in [5.41, 5.74) is 1.71. The summed E-state index contributed by atoms with van der Waals surface area (Å²) >= 11 is 0. The van der Waals surface area contributed by atoms with E-state index < -0.39 is 16.1 Å². The van der Waals surface area contributed by atoms with Crippen molar-refractivity contribution in [2.24, 2.45) is 0 Å². The fourth-order valence-corrected chi connectivity index (χ4v) is 5.35. The van der Waals surface area contributed by atoms with E-state index in [-0.39, 0.29) is 18.4 Å². The van der Waals surface area contributed by atoms with E-state index in [1.165, 1.54) is 4.31 Å². The first-order valence-corrected chi connectivity index (χ1v) is 9.78. The van der Waals surface area contributed by atoms with Crippen LogP contribution in [0, 0.1) is 0 Å². The molecule has 1 heterocycles. The van der Waals surface area contributed by atoms with Gasteiger partial charge < -0.3 is 5.32 Å². The minimum atomic E-state index is -3.55. The van der Waals surface area contributed by atoms with Crippen molar-refractivity contribution >= 4 is 15.9 Å². The fourth-order valence-electron chi connectivity index (χ4n) is 3.29. The Bertz CT molecular complexity index is 863. The number of hydrogen-bond acceptors (Lipinski definition) is 3. The van der Waals surface area contributed by atoms with Crippen LogP contribution in [0.2, 0.25) is 0 Å². The van der Waals surface area contributed by atoms with Crippen LogP contribution in [0.15, 0.2) is 59.5 Å². The number of sulfonamides is 1. The molecule has 0 spiro atoms. The molecule has 1 aliphatic rings. The highest BCUT2D eigenvalue weighted by Gasteiger charge is 2.44. The fraction of sp³-hybridized carbons (Fsp3) is 0.316. The van der Waals surface area contributed by atoms with Crippen LogP contribution in [0.5, 0.6) is 0 Å². The van der Waals surface area contributed by atoms with E-state index in [0.717, 1.165) is 5.56 Å². The Balaban J connectivity index is 1.79. The van der Waals surface area contributed by atoms with E-state index in [2.05, 4.69) is 5.32 Å². The molecule has 1 aliphatic heterocycles. The van der Waals surface area contributed by atoms with Crippen molar-refractivity contribution in [3.63, 3.8) is 0 Å². The van der Waals surface area contributed by atoms with E-state index in [9.17, 15) is 13.2 Å². The molecule has 0 aliphatic carbocycles. The van der Waals surface area contributed by atoms with Crippen LogP contribution >= 0.6 is 0 Å². The van der Waals surface area contributed by atoms with Crippen molar-refractivity contribution in [1.29, 1.82) is 0 Å². The first kappa shape index (κ1) is 17.6. The lowest BCUT2D eigenvalue weighted by atomic mass is 10.0. The molecule has 5 nitrogen and oxygen atoms in total. The second-order valence-corrected chi connectivity index (χ2v) is 8.26. The molecule has 2 aromatic rings. The summed E-state index contributed by atoms with van der Waals surface area (Å²) in [4.78, 5) is 12.7. The predicted octanol–water partition coefficient (Wildman–Crippen LogP) is 2.85. The Hall–Kier alpha value is -2.18.